The van der Waals surface area contributed by atoms with Gasteiger partial charge in [-0.3, -0.25) is 9.69 Å². The maximum absolute atomic E-state index is 12.6. The van der Waals surface area contributed by atoms with Crippen molar-refractivity contribution in [3.8, 4) is 34.2 Å². The van der Waals surface area contributed by atoms with Crippen LogP contribution in [-0.4, -0.2) is 53.0 Å². The second-order valence-electron chi connectivity index (χ2n) is 8.08. The van der Waals surface area contributed by atoms with Crippen molar-refractivity contribution in [3.05, 3.63) is 60.2 Å². The number of amides is 1. The number of likely N-dealkylation sites (N-methyl/N-ethyl adjacent to an activating group) is 1. The summed E-state index contributed by atoms with van der Waals surface area (Å²) in [7, 11) is 1.80. The van der Waals surface area contributed by atoms with Crippen LogP contribution in [0.4, 0.5) is 5.69 Å². The molecule has 0 saturated heterocycles. The SMILES string of the molecule is CCOc1ccc(NC(=O)CN(C)Cc2nnc(-c3c(-c4ccccc4)noc3C)o2)cc1OCC. The Labute approximate surface area is 209 Å². The number of carbonyl (C=O) groups is 1. The number of hydrogen-bond acceptors (Lipinski definition) is 9. The van der Waals surface area contributed by atoms with E-state index in [9.17, 15) is 4.79 Å². The van der Waals surface area contributed by atoms with Crippen molar-refractivity contribution in [2.75, 3.05) is 32.1 Å². The van der Waals surface area contributed by atoms with Gasteiger partial charge in [0, 0.05) is 17.3 Å². The molecule has 4 aromatic rings. The van der Waals surface area contributed by atoms with E-state index in [2.05, 4.69) is 20.7 Å². The molecule has 0 saturated carbocycles. The van der Waals surface area contributed by atoms with E-state index in [4.69, 9.17) is 18.4 Å². The molecule has 2 heterocycles. The Bertz CT molecular complexity index is 1300. The number of ether oxygens (including phenoxy) is 2. The molecule has 1 amide bonds. The quantitative estimate of drug-likeness (QED) is 0.322. The molecule has 188 valence electrons. The molecule has 0 aliphatic rings. The lowest BCUT2D eigenvalue weighted by Crippen LogP contribution is -2.30. The minimum absolute atomic E-state index is 0.121. The first kappa shape index (κ1) is 24.9. The third-order valence-electron chi connectivity index (χ3n) is 5.24. The normalized spacial score (nSPS) is 11.0. The lowest BCUT2D eigenvalue weighted by atomic mass is 10.1. The van der Waals surface area contributed by atoms with Gasteiger partial charge < -0.3 is 23.7 Å². The molecular weight excluding hydrogens is 462 g/mol. The van der Waals surface area contributed by atoms with Gasteiger partial charge in [-0.15, -0.1) is 10.2 Å². The average Bonchev–Trinajstić information content (AvgIpc) is 3.47. The van der Waals surface area contributed by atoms with Gasteiger partial charge in [0.25, 0.3) is 5.89 Å². The lowest BCUT2D eigenvalue weighted by molar-refractivity contribution is -0.117. The number of anilines is 1. The van der Waals surface area contributed by atoms with Gasteiger partial charge >= 0.3 is 0 Å². The predicted octanol–water partition coefficient (Wildman–Crippen LogP) is 4.57. The fourth-order valence-corrected chi connectivity index (χ4v) is 3.70. The van der Waals surface area contributed by atoms with E-state index in [1.807, 2.05) is 44.2 Å². The molecule has 0 unspecified atom stereocenters. The van der Waals surface area contributed by atoms with Gasteiger partial charge in [0.05, 0.1) is 26.3 Å². The Balaban J connectivity index is 1.39. The van der Waals surface area contributed by atoms with Gasteiger partial charge in [-0.1, -0.05) is 35.5 Å². The molecule has 0 fully saturated rings. The highest BCUT2D eigenvalue weighted by atomic mass is 16.5. The smallest absolute Gasteiger partial charge is 0.253 e. The number of rotatable bonds is 11. The summed E-state index contributed by atoms with van der Waals surface area (Å²) in [6.45, 7) is 7.03. The lowest BCUT2D eigenvalue weighted by Gasteiger charge is -2.15. The summed E-state index contributed by atoms with van der Waals surface area (Å²) < 4.78 is 22.5. The molecule has 10 heteroatoms. The number of benzene rings is 2. The van der Waals surface area contributed by atoms with Crippen LogP contribution < -0.4 is 14.8 Å². The molecule has 10 nitrogen and oxygen atoms in total. The second-order valence-corrected chi connectivity index (χ2v) is 8.08. The van der Waals surface area contributed by atoms with Crippen LogP contribution in [0.3, 0.4) is 0 Å². The zero-order chi connectivity index (χ0) is 25.5. The van der Waals surface area contributed by atoms with Crippen LogP contribution in [0.15, 0.2) is 57.5 Å². The van der Waals surface area contributed by atoms with Crippen LogP contribution in [0.5, 0.6) is 11.5 Å². The predicted molar refractivity (Wildman–Crippen MR) is 134 cm³/mol. The maximum atomic E-state index is 12.6. The Morgan fingerprint density at radius 1 is 1.03 bits per heavy atom. The molecular formula is C26H29N5O5. The van der Waals surface area contributed by atoms with Gasteiger partial charge in [-0.2, -0.15) is 0 Å². The number of nitrogens with zero attached hydrogens (tertiary/aromatic N) is 4. The van der Waals surface area contributed by atoms with Gasteiger partial charge in [0.2, 0.25) is 11.8 Å². The molecule has 0 radical (unpaired) electrons. The maximum Gasteiger partial charge on any atom is 0.253 e. The number of nitrogens with one attached hydrogen (secondary N) is 1. The standard InChI is InChI=1S/C26H29N5O5/c1-5-33-20-13-12-19(14-21(20)34-6-2)27-22(32)15-31(4)16-23-28-29-26(35-23)24-17(3)36-30-25(24)18-10-8-7-9-11-18/h7-14H,5-6,15-16H2,1-4H3,(H,27,32). The molecule has 4 rings (SSSR count). The van der Waals surface area contributed by atoms with Crippen LogP contribution >= 0.6 is 0 Å². The molecule has 0 aliphatic heterocycles. The van der Waals surface area contributed by atoms with E-state index in [1.165, 1.54) is 0 Å². The highest BCUT2D eigenvalue weighted by Gasteiger charge is 2.22. The summed E-state index contributed by atoms with van der Waals surface area (Å²) in [5, 5.41) is 15.4. The van der Waals surface area contributed by atoms with Crippen LogP contribution in [0.1, 0.15) is 25.5 Å². The monoisotopic (exact) mass is 491 g/mol. The van der Waals surface area contributed by atoms with Crippen molar-refractivity contribution in [2.24, 2.45) is 0 Å². The van der Waals surface area contributed by atoms with Crippen molar-refractivity contribution in [1.29, 1.82) is 0 Å². The van der Waals surface area contributed by atoms with E-state index < -0.39 is 0 Å². The summed E-state index contributed by atoms with van der Waals surface area (Å²) in [5.74, 6) is 2.31. The zero-order valence-corrected chi connectivity index (χ0v) is 20.8. The highest BCUT2D eigenvalue weighted by Crippen LogP contribution is 2.33. The van der Waals surface area contributed by atoms with Gasteiger partial charge in [0.15, 0.2) is 11.5 Å². The van der Waals surface area contributed by atoms with Crippen LogP contribution in [0.2, 0.25) is 0 Å². The number of aromatic nitrogens is 3. The summed E-state index contributed by atoms with van der Waals surface area (Å²) in [6.07, 6.45) is 0. The molecule has 0 atom stereocenters. The summed E-state index contributed by atoms with van der Waals surface area (Å²) >= 11 is 0. The van der Waals surface area contributed by atoms with Gasteiger partial charge in [-0.05, 0) is 40.0 Å². The molecule has 0 bridgehead atoms. The van der Waals surface area contributed by atoms with Crippen molar-refractivity contribution >= 4 is 11.6 Å². The third-order valence-corrected chi connectivity index (χ3v) is 5.24. The fourth-order valence-electron chi connectivity index (χ4n) is 3.70. The zero-order valence-electron chi connectivity index (χ0n) is 20.8. The Morgan fingerprint density at radius 3 is 2.53 bits per heavy atom. The van der Waals surface area contributed by atoms with Crippen molar-refractivity contribution in [2.45, 2.75) is 27.3 Å². The fraction of sp³-hybridized carbons (Fsp3) is 0.308. The van der Waals surface area contributed by atoms with Crippen molar-refractivity contribution in [1.82, 2.24) is 20.3 Å². The summed E-state index contributed by atoms with van der Waals surface area (Å²) in [5.41, 5.74) is 2.80. The second kappa shape index (κ2) is 11.5. The largest absolute Gasteiger partial charge is 0.490 e. The Kier molecular flexibility index (Phi) is 7.96. The molecule has 2 aromatic heterocycles. The minimum atomic E-state index is -0.190. The average molecular weight is 492 g/mol. The first-order valence-electron chi connectivity index (χ1n) is 11.7. The Morgan fingerprint density at radius 2 is 1.78 bits per heavy atom. The first-order chi connectivity index (χ1) is 17.5. The third kappa shape index (κ3) is 5.89. The molecule has 36 heavy (non-hydrogen) atoms. The van der Waals surface area contributed by atoms with E-state index in [1.54, 1.807) is 37.1 Å². The summed E-state index contributed by atoms with van der Waals surface area (Å²) in [6, 6.07) is 15.0. The number of aryl methyl sites for hydroxylation is 1. The first-order valence-corrected chi connectivity index (χ1v) is 11.7. The van der Waals surface area contributed by atoms with E-state index >= 15 is 0 Å². The molecule has 2 aromatic carbocycles. The number of hydrogen-bond donors (Lipinski definition) is 1. The molecule has 0 spiro atoms. The molecule has 1 N–H and O–H groups in total. The van der Waals surface area contributed by atoms with Crippen LogP contribution in [0, 0.1) is 6.92 Å². The van der Waals surface area contributed by atoms with Gasteiger partial charge in [0.1, 0.15) is 17.0 Å². The van der Waals surface area contributed by atoms with Crippen LogP contribution in [0.25, 0.3) is 22.7 Å². The number of carbonyl (C=O) groups excluding carboxylic acids is 1. The minimum Gasteiger partial charge on any atom is -0.490 e. The van der Waals surface area contributed by atoms with Crippen molar-refractivity contribution < 1.29 is 23.2 Å². The topological polar surface area (TPSA) is 116 Å². The highest BCUT2D eigenvalue weighted by molar-refractivity contribution is 5.92. The van der Waals surface area contributed by atoms with Crippen LogP contribution in [-0.2, 0) is 11.3 Å². The van der Waals surface area contributed by atoms with E-state index in [0.717, 1.165) is 5.56 Å². The Hall–Kier alpha value is -4.18. The van der Waals surface area contributed by atoms with E-state index in [0.29, 0.717) is 65.7 Å². The van der Waals surface area contributed by atoms with E-state index in [-0.39, 0.29) is 12.5 Å². The van der Waals surface area contributed by atoms with Crippen molar-refractivity contribution in [3.63, 3.8) is 0 Å². The summed E-state index contributed by atoms with van der Waals surface area (Å²) in [4.78, 5) is 14.4. The molecule has 0 aliphatic carbocycles. The van der Waals surface area contributed by atoms with Gasteiger partial charge in [-0.25, -0.2) is 0 Å².